The number of nitrogens with zero attached hydrogens (tertiary/aromatic N) is 5. The molecule has 122 valence electrons. The number of hydrogen-bond donors (Lipinski definition) is 0. The van der Waals surface area contributed by atoms with Crippen LogP contribution in [0.25, 0.3) is 22.3 Å². The van der Waals surface area contributed by atoms with E-state index >= 15 is 0 Å². The van der Waals surface area contributed by atoms with Crippen LogP contribution in [-0.2, 0) is 0 Å². The summed E-state index contributed by atoms with van der Waals surface area (Å²) in [6.45, 7) is 2.02. The lowest BCUT2D eigenvalue weighted by atomic mass is 10.1. The number of benzene rings is 2. The van der Waals surface area contributed by atoms with Gasteiger partial charge in [-0.15, -0.1) is 10.2 Å². The first kappa shape index (κ1) is 15.5. The first-order valence-electron chi connectivity index (χ1n) is 7.78. The molecule has 5 nitrogen and oxygen atoms in total. The summed E-state index contributed by atoms with van der Waals surface area (Å²) in [4.78, 5) is 4.49. The van der Waals surface area contributed by atoms with Crippen molar-refractivity contribution < 1.29 is 0 Å². The van der Waals surface area contributed by atoms with Gasteiger partial charge in [-0.1, -0.05) is 60.1 Å². The van der Waals surface area contributed by atoms with E-state index < -0.39 is 0 Å². The predicted octanol–water partition coefficient (Wildman–Crippen LogP) is 4.34. The Morgan fingerprint density at radius 3 is 2.76 bits per heavy atom. The summed E-state index contributed by atoms with van der Waals surface area (Å²) in [5, 5.41) is 14.0. The summed E-state index contributed by atoms with van der Waals surface area (Å²) in [6.07, 6.45) is 3.23. The van der Waals surface area contributed by atoms with E-state index in [4.69, 9.17) is 11.6 Å². The molecule has 0 aliphatic heterocycles. The van der Waals surface area contributed by atoms with Gasteiger partial charge in [0, 0.05) is 16.5 Å². The van der Waals surface area contributed by atoms with Gasteiger partial charge in [0.15, 0.2) is 5.82 Å². The van der Waals surface area contributed by atoms with Crippen molar-refractivity contribution in [3.05, 3.63) is 77.2 Å². The molecule has 2 heterocycles. The third kappa shape index (κ3) is 3.02. The Balaban J connectivity index is 1.73. The van der Waals surface area contributed by atoms with Crippen LogP contribution in [0.15, 0.2) is 66.0 Å². The highest BCUT2D eigenvalue weighted by molar-refractivity contribution is 6.32. The topological polar surface area (TPSA) is 56.0 Å². The number of rotatable bonds is 3. The fourth-order valence-electron chi connectivity index (χ4n) is 2.65. The summed E-state index contributed by atoms with van der Waals surface area (Å²) in [5.41, 5.74) is 3.68. The summed E-state index contributed by atoms with van der Waals surface area (Å²) >= 11 is 6.33. The van der Waals surface area contributed by atoms with Crippen molar-refractivity contribution in [2.75, 3.05) is 0 Å². The molecule has 0 saturated carbocycles. The van der Waals surface area contributed by atoms with Crippen molar-refractivity contribution >= 4 is 28.7 Å². The molecule has 0 N–H and O–H groups in total. The zero-order valence-electron chi connectivity index (χ0n) is 13.5. The lowest BCUT2D eigenvalue weighted by Gasteiger charge is -2.05. The predicted molar refractivity (Wildman–Crippen MR) is 99.9 cm³/mol. The molecule has 6 heteroatoms. The molecular weight excluding hydrogens is 334 g/mol. The molecule has 0 unspecified atom stereocenters. The fourth-order valence-corrected chi connectivity index (χ4v) is 2.84. The second kappa shape index (κ2) is 6.45. The summed E-state index contributed by atoms with van der Waals surface area (Å²) in [5.74, 6) is 0.664. The second-order valence-electron chi connectivity index (χ2n) is 5.62. The van der Waals surface area contributed by atoms with E-state index in [2.05, 4.69) is 20.3 Å². The van der Waals surface area contributed by atoms with Crippen LogP contribution >= 0.6 is 11.6 Å². The summed E-state index contributed by atoms with van der Waals surface area (Å²) in [7, 11) is 0. The molecule has 0 aliphatic carbocycles. The molecule has 0 atom stereocenters. The van der Waals surface area contributed by atoms with Crippen LogP contribution in [0, 0.1) is 6.92 Å². The fraction of sp³-hybridized carbons (Fsp3) is 0.0526. The van der Waals surface area contributed by atoms with Gasteiger partial charge >= 0.3 is 0 Å². The van der Waals surface area contributed by atoms with E-state index in [0.717, 1.165) is 27.6 Å². The Morgan fingerprint density at radius 1 is 1.08 bits per heavy atom. The summed E-state index contributed by atoms with van der Waals surface area (Å²) < 4.78 is 1.62. The molecule has 0 aliphatic rings. The molecule has 2 aromatic carbocycles. The van der Waals surface area contributed by atoms with E-state index in [-0.39, 0.29) is 0 Å². The lowest BCUT2D eigenvalue weighted by Crippen LogP contribution is -1.95. The van der Waals surface area contributed by atoms with Crippen molar-refractivity contribution in [2.45, 2.75) is 6.92 Å². The monoisotopic (exact) mass is 347 g/mol. The zero-order valence-corrected chi connectivity index (χ0v) is 14.2. The largest absolute Gasteiger partial charge is 0.235 e. The van der Waals surface area contributed by atoms with Gasteiger partial charge in [0.2, 0.25) is 0 Å². The van der Waals surface area contributed by atoms with Crippen LogP contribution in [0.4, 0.5) is 0 Å². The van der Waals surface area contributed by atoms with E-state index in [1.54, 1.807) is 17.2 Å². The normalized spacial score (nSPS) is 11.4. The highest BCUT2D eigenvalue weighted by atomic mass is 35.5. The van der Waals surface area contributed by atoms with Crippen LogP contribution in [-0.4, -0.2) is 26.1 Å². The Hall–Kier alpha value is -3.05. The maximum atomic E-state index is 6.33. The molecule has 4 aromatic rings. The molecular formula is C19H14ClN5. The van der Waals surface area contributed by atoms with Crippen LogP contribution in [0.3, 0.4) is 0 Å². The Morgan fingerprint density at radius 2 is 1.92 bits per heavy atom. The third-order valence-electron chi connectivity index (χ3n) is 3.91. The highest BCUT2D eigenvalue weighted by Gasteiger charge is 2.07. The molecule has 25 heavy (non-hydrogen) atoms. The van der Waals surface area contributed by atoms with Crippen molar-refractivity contribution in [3.8, 4) is 11.4 Å². The van der Waals surface area contributed by atoms with Crippen molar-refractivity contribution in [3.63, 3.8) is 0 Å². The van der Waals surface area contributed by atoms with Crippen LogP contribution in [0.1, 0.15) is 11.1 Å². The highest BCUT2D eigenvalue weighted by Crippen LogP contribution is 2.22. The molecule has 0 radical (unpaired) electrons. The Labute approximate surface area is 149 Å². The minimum Gasteiger partial charge on any atom is -0.235 e. The molecule has 0 saturated heterocycles. The number of pyridine rings is 1. The summed E-state index contributed by atoms with van der Waals surface area (Å²) in [6, 6.07) is 17.8. The van der Waals surface area contributed by atoms with Gasteiger partial charge in [0.1, 0.15) is 11.5 Å². The van der Waals surface area contributed by atoms with E-state index in [1.165, 1.54) is 0 Å². The number of fused-ring (bicyclic) bond motifs is 1. The zero-order chi connectivity index (χ0) is 17.2. The third-order valence-corrected chi connectivity index (χ3v) is 4.21. The van der Waals surface area contributed by atoms with E-state index in [0.29, 0.717) is 11.0 Å². The standard InChI is InChI=1S/C19H14ClN5/c1-13-6-5-9-15-10-16(18(20)23-17(13)15)11-22-25-12-21-24-19(25)14-7-3-2-4-8-14/h2-12H,1H3/b22-11-. The molecule has 2 aromatic heterocycles. The van der Waals surface area contributed by atoms with Crippen molar-refractivity contribution in [1.82, 2.24) is 19.9 Å². The minimum atomic E-state index is 0.417. The first-order valence-corrected chi connectivity index (χ1v) is 8.16. The SMILES string of the molecule is Cc1cccc2cc(/C=N\n3cnnc3-c3ccccc3)c(Cl)nc12. The second-order valence-corrected chi connectivity index (χ2v) is 5.98. The van der Waals surface area contributed by atoms with Crippen LogP contribution in [0.2, 0.25) is 5.15 Å². The van der Waals surface area contributed by atoms with Gasteiger partial charge in [-0.2, -0.15) is 9.78 Å². The van der Waals surface area contributed by atoms with Gasteiger partial charge in [0.05, 0.1) is 11.7 Å². The average Bonchev–Trinajstić information content (AvgIpc) is 3.10. The van der Waals surface area contributed by atoms with Gasteiger partial charge in [-0.25, -0.2) is 4.98 Å². The lowest BCUT2D eigenvalue weighted by molar-refractivity contribution is 0.888. The van der Waals surface area contributed by atoms with Gasteiger partial charge in [0.25, 0.3) is 0 Å². The van der Waals surface area contributed by atoms with Crippen molar-refractivity contribution in [1.29, 1.82) is 0 Å². The first-order chi connectivity index (χ1) is 12.2. The molecule has 0 amide bonds. The Kier molecular flexibility index (Phi) is 3.99. The molecule has 4 rings (SSSR count). The van der Waals surface area contributed by atoms with E-state index in [1.807, 2.05) is 61.5 Å². The molecule has 0 spiro atoms. The number of aromatic nitrogens is 4. The smallest absolute Gasteiger partial charge is 0.184 e. The number of aryl methyl sites for hydroxylation is 1. The number of para-hydroxylation sites is 1. The van der Waals surface area contributed by atoms with Gasteiger partial charge in [-0.3, -0.25) is 0 Å². The number of halogens is 1. The van der Waals surface area contributed by atoms with Crippen LogP contribution in [0.5, 0.6) is 0 Å². The molecule has 0 bridgehead atoms. The Bertz CT molecular complexity index is 1070. The minimum absolute atomic E-state index is 0.417. The maximum Gasteiger partial charge on any atom is 0.184 e. The maximum absolute atomic E-state index is 6.33. The van der Waals surface area contributed by atoms with Crippen LogP contribution < -0.4 is 0 Å². The van der Waals surface area contributed by atoms with Gasteiger partial charge in [-0.05, 0) is 18.6 Å². The molecule has 0 fully saturated rings. The van der Waals surface area contributed by atoms with E-state index in [9.17, 15) is 0 Å². The van der Waals surface area contributed by atoms with Crippen molar-refractivity contribution in [2.24, 2.45) is 5.10 Å². The average molecular weight is 348 g/mol. The van der Waals surface area contributed by atoms with Gasteiger partial charge < -0.3 is 0 Å². The quantitative estimate of drug-likeness (QED) is 0.409. The number of hydrogen-bond acceptors (Lipinski definition) is 4.